The number of piperidine rings is 1. The van der Waals surface area contributed by atoms with Crippen LogP contribution >= 0.6 is 23.2 Å². The molecule has 0 N–H and O–H groups in total. The number of hydrogen-bond donors (Lipinski definition) is 0. The van der Waals surface area contributed by atoms with E-state index in [-0.39, 0.29) is 18.2 Å². The fourth-order valence-electron chi connectivity index (χ4n) is 5.09. The van der Waals surface area contributed by atoms with Crippen molar-refractivity contribution in [2.45, 2.75) is 64.0 Å². The second-order valence-electron chi connectivity index (χ2n) is 9.32. The maximum Gasteiger partial charge on any atom is 0.328 e. The lowest BCUT2D eigenvalue weighted by molar-refractivity contribution is -0.163. The first-order valence-corrected chi connectivity index (χ1v) is 13.4. The number of amides is 1. The van der Waals surface area contributed by atoms with Gasteiger partial charge in [0.15, 0.2) is 0 Å². The minimum atomic E-state index is -0.753. The summed E-state index contributed by atoms with van der Waals surface area (Å²) in [6, 6.07) is 13.9. The van der Waals surface area contributed by atoms with Crippen LogP contribution in [-0.2, 0) is 20.7 Å². The van der Waals surface area contributed by atoms with E-state index in [1.54, 1.807) is 17.0 Å². The van der Waals surface area contributed by atoms with Crippen molar-refractivity contribution in [1.29, 1.82) is 0 Å². The van der Waals surface area contributed by atoms with Crippen LogP contribution in [0, 0.1) is 5.92 Å². The van der Waals surface area contributed by atoms with Gasteiger partial charge in [-0.1, -0.05) is 67.7 Å². The third kappa shape index (κ3) is 6.33. The molecule has 0 aliphatic carbocycles. The standard InChI is InChI=1S/C28H31Cl2N3O4/c1-3-5-13-36-28(35)24(4-2)33-26(18-9-11-21(29)12-10-18)23(19-7-6-8-22(30)14-19)15-20(27(33)34)16-25-32-31-17-37-25/h6-12,14,17,20,23-24,26H,3-5,13,15-16H2,1-2H3/t20-,23-,24+,26-/m1/s1. The number of nitrogens with zero attached hydrogens (tertiary/aromatic N) is 3. The van der Waals surface area contributed by atoms with Crippen LogP contribution < -0.4 is 0 Å². The summed E-state index contributed by atoms with van der Waals surface area (Å²) in [7, 11) is 0. The Morgan fingerprint density at radius 3 is 2.57 bits per heavy atom. The van der Waals surface area contributed by atoms with Gasteiger partial charge in [0, 0.05) is 28.3 Å². The predicted octanol–water partition coefficient (Wildman–Crippen LogP) is 6.41. The van der Waals surface area contributed by atoms with Gasteiger partial charge < -0.3 is 14.1 Å². The average Bonchev–Trinajstić information content (AvgIpc) is 3.40. The number of benzene rings is 2. The smallest absolute Gasteiger partial charge is 0.328 e. The highest BCUT2D eigenvalue weighted by molar-refractivity contribution is 6.30. The molecule has 0 unspecified atom stereocenters. The second kappa shape index (κ2) is 12.6. The molecule has 1 fully saturated rings. The molecule has 4 atom stereocenters. The quantitative estimate of drug-likeness (QED) is 0.217. The molecule has 0 saturated carbocycles. The molecule has 37 heavy (non-hydrogen) atoms. The van der Waals surface area contributed by atoms with Crippen molar-refractivity contribution in [3.05, 3.63) is 82.0 Å². The molecule has 2 aromatic carbocycles. The van der Waals surface area contributed by atoms with Crippen LogP contribution in [0.3, 0.4) is 0 Å². The predicted molar refractivity (Wildman–Crippen MR) is 141 cm³/mol. The third-order valence-corrected chi connectivity index (χ3v) is 7.36. The van der Waals surface area contributed by atoms with Crippen LogP contribution in [0.2, 0.25) is 10.0 Å². The molecule has 3 aromatic rings. The molecule has 7 nitrogen and oxygen atoms in total. The summed E-state index contributed by atoms with van der Waals surface area (Å²) >= 11 is 12.6. The van der Waals surface area contributed by atoms with Crippen LogP contribution in [0.4, 0.5) is 0 Å². The molecule has 1 aliphatic rings. The molecule has 196 valence electrons. The first-order chi connectivity index (χ1) is 17.9. The van der Waals surface area contributed by atoms with Gasteiger partial charge in [0.2, 0.25) is 18.2 Å². The van der Waals surface area contributed by atoms with Gasteiger partial charge in [-0.15, -0.1) is 10.2 Å². The van der Waals surface area contributed by atoms with Crippen molar-refractivity contribution in [2.24, 2.45) is 5.92 Å². The van der Waals surface area contributed by atoms with Gasteiger partial charge in [0.05, 0.1) is 12.6 Å². The molecule has 9 heteroatoms. The zero-order valence-corrected chi connectivity index (χ0v) is 22.5. The maximum atomic E-state index is 14.2. The van der Waals surface area contributed by atoms with E-state index in [0.717, 1.165) is 24.0 Å². The summed E-state index contributed by atoms with van der Waals surface area (Å²) in [5, 5.41) is 8.97. The van der Waals surface area contributed by atoms with Gasteiger partial charge in [0.1, 0.15) is 6.04 Å². The van der Waals surface area contributed by atoms with E-state index in [2.05, 4.69) is 10.2 Å². The number of unbranched alkanes of at least 4 members (excludes halogenated alkanes) is 1. The van der Waals surface area contributed by atoms with Crippen LogP contribution in [0.25, 0.3) is 0 Å². The molecular formula is C28H31Cl2N3O4. The number of likely N-dealkylation sites (tertiary alicyclic amines) is 1. The Labute approximate surface area is 227 Å². The monoisotopic (exact) mass is 543 g/mol. The van der Waals surface area contributed by atoms with Gasteiger partial charge in [0.25, 0.3) is 0 Å². The molecule has 1 aliphatic heterocycles. The fourth-order valence-corrected chi connectivity index (χ4v) is 5.42. The Bertz CT molecular complexity index is 1190. The summed E-state index contributed by atoms with van der Waals surface area (Å²) in [4.78, 5) is 29.2. The lowest BCUT2D eigenvalue weighted by atomic mass is 9.74. The topological polar surface area (TPSA) is 85.5 Å². The molecule has 4 rings (SSSR count). The Kier molecular flexibility index (Phi) is 9.22. The van der Waals surface area contributed by atoms with E-state index in [1.807, 2.05) is 50.2 Å². The van der Waals surface area contributed by atoms with E-state index in [4.69, 9.17) is 32.4 Å². The number of ether oxygens (including phenoxy) is 1. The molecule has 0 spiro atoms. The molecular weight excluding hydrogens is 513 g/mol. The lowest BCUT2D eigenvalue weighted by Crippen LogP contribution is -2.54. The van der Waals surface area contributed by atoms with Gasteiger partial charge in [-0.05, 0) is 54.7 Å². The normalized spacial score (nSPS) is 20.6. The first-order valence-electron chi connectivity index (χ1n) is 12.7. The third-order valence-electron chi connectivity index (χ3n) is 6.87. The highest BCUT2D eigenvalue weighted by Gasteiger charge is 2.47. The highest BCUT2D eigenvalue weighted by atomic mass is 35.5. The van der Waals surface area contributed by atoms with E-state index in [0.29, 0.717) is 35.4 Å². The number of rotatable bonds is 10. The van der Waals surface area contributed by atoms with Gasteiger partial charge >= 0.3 is 5.97 Å². The largest absolute Gasteiger partial charge is 0.464 e. The number of carbonyl (C=O) groups is 2. The Morgan fingerprint density at radius 1 is 1.14 bits per heavy atom. The fraction of sp³-hybridized carbons (Fsp3) is 0.429. The van der Waals surface area contributed by atoms with Crippen LogP contribution in [0.1, 0.15) is 68.5 Å². The van der Waals surface area contributed by atoms with Crippen molar-refractivity contribution >= 4 is 35.1 Å². The summed E-state index contributed by atoms with van der Waals surface area (Å²) in [5.41, 5.74) is 1.87. The van der Waals surface area contributed by atoms with E-state index in [1.165, 1.54) is 6.39 Å². The van der Waals surface area contributed by atoms with Crippen molar-refractivity contribution in [2.75, 3.05) is 6.61 Å². The number of esters is 1. The van der Waals surface area contributed by atoms with E-state index < -0.39 is 24.0 Å². The summed E-state index contributed by atoms with van der Waals surface area (Å²) in [5.74, 6) is -0.776. The van der Waals surface area contributed by atoms with E-state index >= 15 is 0 Å². The number of halogens is 2. The van der Waals surface area contributed by atoms with Gasteiger partial charge in [-0.2, -0.15) is 0 Å². The molecule has 0 bridgehead atoms. The van der Waals surface area contributed by atoms with Crippen molar-refractivity contribution in [3.8, 4) is 0 Å². The highest BCUT2D eigenvalue weighted by Crippen LogP contribution is 2.47. The van der Waals surface area contributed by atoms with Crippen LogP contribution in [0.5, 0.6) is 0 Å². The summed E-state index contributed by atoms with van der Waals surface area (Å²) in [6.07, 6.45) is 4.14. The number of carbonyl (C=O) groups excluding carboxylic acids is 2. The summed E-state index contributed by atoms with van der Waals surface area (Å²) in [6.45, 7) is 4.25. The Hall–Kier alpha value is -2.90. The van der Waals surface area contributed by atoms with Gasteiger partial charge in [-0.3, -0.25) is 4.79 Å². The summed E-state index contributed by atoms with van der Waals surface area (Å²) < 4.78 is 11.0. The zero-order chi connectivity index (χ0) is 26.4. The zero-order valence-electron chi connectivity index (χ0n) is 21.0. The first kappa shape index (κ1) is 27.1. The van der Waals surface area contributed by atoms with Gasteiger partial charge in [-0.25, -0.2) is 4.79 Å². The molecule has 1 amide bonds. The Balaban J connectivity index is 1.81. The minimum absolute atomic E-state index is 0.143. The second-order valence-corrected chi connectivity index (χ2v) is 10.2. The van der Waals surface area contributed by atoms with Crippen LogP contribution in [0.15, 0.2) is 59.3 Å². The van der Waals surface area contributed by atoms with Crippen LogP contribution in [-0.4, -0.2) is 39.6 Å². The van der Waals surface area contributed by atoms with Crippen molar-refractivity contribution in [1.82, 2.24) is 15.1 Å². The molecule has 1 aromatic heterocycles. The molecule has 1 saturated heterocycles. The number of hydrogen-bond acceptors (Lipinski definition) is 6. The van der Waals surface area contributed by atoms with Crippen molar-refractivity contribution < 1.29 is 18.7 Å². The Morgan fingerprint density at radius 2 is 1.92 bits per heavy atom. The average molecular weight is 544 g/mol. The van der Waals surface area contributed by atoms with E-state index in [9.17, 15) is 9.59 Å². The minimum Gasteiger partial charge on any atom is -0.464 e. The lowest BCUT2D eigenvalue weighted by Gasteiger charge is -2.47. The molecule has 0 radical (unpaired) electrons. The SMILES string of the molecule is CCCCOC(=O)[C@H](CC)N1C(=O)[C@@H](Cc2nnco2)C[C@H](c2cccc(Cl)c2)[C@H]1c1ccc(Cl)cc1. The maximum absolute atomic E-state index is 14.2. The number of aromatic nitrogens is 2. The molecule has 2 heterocycles. The van der Waals surface area contributed by atoms with Crippen molar-refractivity contribution in [3.63, 3.8) is 0 Å².